The summed E-state index contributed by atoms with van der Waals surface area (Å²) in [7, 11) is 0. The number of para-hydroxylation sites is 3. The first-order chi connectivity index (χ1) is 29.1. The Morgan fingerprint density at radius 1 is 0.458 bits per heavy atom. The van der Waals surface area contributed by atoms with Crippen LogP contribution in [0, 0.1) is 18.3 Å². The Labute approximate surface area is 339 Å². The molecule has 0 atom stereocenters. The summed E-state index contributed by atoms with van der Waals surface area (Å²) in [5.41, 5.74) is 11.7. The van der Waals surface area contributed by atoms with Gasteiger partial charge in [-0.15, -0.1) is 0 Å². The zero-order chi connectivity index (χ0) is 39.5. The van der Waals surface area contributed by atoms with Crippen LogP contribution in [0.1, 0.15) is 11.1 Å². The fourth-order valence-corrected chi connectivity index (χ4v) is 8.54. The van der Waals surface area contributed by atoms with Crippen LogP contribution in [0.25, 0.3) is 100 Å². The first kappa shape index (κ1) is 34.1. The molecule has 0 radical (unpaired) electrons. The third kappa shape index (κ3) is 5.58. The summed E-state index contributed by atoms with van der Waals surface area (Å²) in [5, 5.41) is 15.4. The number of fused-ring (bicyclic) bond motifs is 6. The maximum absolute atomic E-state index is 10.8. The second-order valence-corrected chi connectivity index (χ2v) is 14.7. The number of hydrogen-bond acceptors (Lipinski definition) is 5. The van der Waals surface area contributed by atoms with Gasteiger partial charge in [-0.2, -0.15) is 5.26 Å². The lowest BCUT2D eigenvalue weighted by Gasteiger charge is -2.21. The van der Waals surface area contributed by atoms with E-state index in [-0.39, 0.29) is 0 Å². The SMILES string of the molecule is Cc1ccc2c(c1)c1ccccc1n2-c1c(-c2nc(-c3ccccc3)nc(-c3ccccc3)n2)cc(C#N)cc1-c1cnccc1-n1c2ccccc2c2ccccc21. The third-order valence-corrected chi connectivity index (χ3v) is 11.1. The van der Waals surface area contributed by atoms with Crippen LogP contribution in [0.2, 0.25) is 0 Å². The Bertz CT molecular complexity index is 3360. The lowest BCUT2D eigenvalue weighted by Crippen LogP contribution is -2.07. The van der Waals surface area contributed by atoms with Crippen LogP contribution in [-0.2, 0) is 0 Å². The highest BCUT2D eigenvalue weighted by atomic mass is 15.1. The van der Waals surface area contributed by atoms with Gasteiger partial charge in [0.25, 0.3) is 0 Å². The lowest BCUT2D eigenvalue weighted by molar-refractivity contribution is 1.06. The molecule has 0 aliphatic heterocycles. The first-order valence-electron chi connectivity index (χ1n) is 19.5. The number of rotatable bonds is 6. The van der Waals surface area contributed by atoms with E-state index in [4.69, 9.17) is 19.9 Å². The van der Waals surface area contributed by atoms with Gasteiger partial charge in [0.15, 0.2) is 17.5 Å². The summed E-state index contributed by atoms with van der Waals surface area (Å²) >= 11 is 0. The standard InChI is InChI=1S/C52H33N7/c1-33-24-25-47-40(28-33)39-20-10-13-23-46(39)59(47)49-41(43-32-54-27-26-48(43)58-44-21-11-8-18-37(44)38-19-9-12-22-45(38)58)29-34(31-53)30-42(49)52-56-50(35-14-4-2-5-15-35)55-51(57-52)36-16-6-3-7-17-36/h2-30,32H,1H3. The Morgan fingerprint density at radius 2 is 0.966 bits per heavy atom. The third-order valence-electron chi connectivity index (χ3n) is 11.1. The van der Waals surface area contributed by atoms with Gasteiger partial charge in [-0.25, -0.2) is 15.0 Å². The minimum absolute atomic E-state index is 0.450. The molecule has 4 heterocycles. The summed E-state index contributed by atoms with van der Waals surface area (Å²) < 4.78 is 4.62. The van der Waals surface area contributed by atoms with E-state index in [2.05, 4.69) is 119 Å². The molecule has 59 heavy (non-hydrogen) atoms. The van der Waals surface area contributed by atoms with Gasteiger partial charge < -0.3 is 9.13 Å². The monoisotopic (exact) mass is 755 g/mol. The van der Waals surface area contributed by atoms with Crippen LogP contribution >= 0.6 is 0 Å². The topological polar surface area (TPSA) is 85.2 Å². The quantitative estimate of drug-likeness (QED) is 0.169. The zero-order valence-corrected chi connectivity index (χ0v) is 32.0. The number of pyridine rings is 1. The molecular weight excluding hydrogens is 723 g/mol. The van der Waals surface area contributed by atoms with Crippen molar-refractivity contribution in [2.75, 3.05) is 0 Å². The Hall–Kier alpha value is -8.21. The Kier molecular flexibility index (Phi) is 7.95. The smallest absolute Gasteiger partial charge is 0.166 e. The number of nitriles is 1. The van der Waals surface area contributed by atoms with E-state index in [0.29, 0.717) is 28.6 Å². The number of nitrogens with zero attached hydrogens (tertiary/aromatic N) is 7. The fraction of sp³-hybridized carbons (Fsp3) is 0.0192. The maximum Gasteiger partial charge on any atom is 0.166 e. The second kappa shape index (κ2) is 13.8. The zero-order valence-electron chi connectivity index (χ0n) is 32.0. The van der Waals surface area contributed by atoms with Crippen molar-refractivity contribution in [2.45, 2.75) is 6.92 Å². The summed E-state index contributed by atoms with van der Waals surface area (Å²) in [4.78, 5) is 20.3. The fourth-order valence-electron chi connectivity index (χ4n) is 8.54. The molecule has 0 spiro atoms. The van der Waals surface area contributed by atoms with Crippen molar-refractivity contribution >= 4 is 43.6 Å². The number of hydrogen-bond donors (Lipinski definition) is 0. The van der Waals surface area contributed by atoms with Crippen molar-refractivity contribution in [3.05, 3.63) is 193 Å². The van der Waals surface area contributed by atoms with Crippen molar-refractivity contribution in [2.24, 2.45) is 0 Å². The van der Waals surface area contributed by atoms with E-state index in [1.54, 1.807) is 0 Å². The van der Waals surface area contributed by atoms with E-state index in [9.17, 15) is 5.26 Å². The summed E-state index contributed by atoms with van der Waals surface area (Å²) in [5.74, 6) is 1.52. The molecule has 0 amide bonds. The molecule has 4 aromatic heterocycles. The van der Waals surface area contributed by atoms with Gasteiger partial charge in [0.2, 0.25) is 0 Å². The van der Waals surface area contributed by atoms with Gasteiger partial charge in [0.1, 0.15) is 0 Å². The largest absolute Gasteiger partial charge is 0.309 e. The minimum atomic E-state index is 0.450. The predicted molar refractivity (Wildman–Crippen MR) is 237 cm³/mol. The summed E-state index contributed by atoms with van der Waals surface area (Å²) in [6.45, 7) is 2.12. The van der Waals surface area contributed by atoms with Crippen molar-refractivity contribution in [1.29, 1.82) is 5.26 Å². The van der Waals surface area contributed by atoms with Gasteiger partial charge in [0.05, 0.1) is 45.1 Å². The molecule has 7 heteroatoms. The van der Waals surface area contributed by atoms with E-state index in [1.165, 1.54) is 5.56 Å². The van der Waals surface area contributed by atoms with Gasteiger partial charge in [-0.05, 0) is 55.5 Å². The lowest BCUT2D eigenvalue weighted by atomic mass is 9.95. The Morgan fingerprint density at radius 3 is 1.58 bits per heavy atom. The van der Waals surface area contributed by atoms with E-state index >= 15 is 0 Å². The molecule has 276 valence electrons. The summed E-state index contributed by atoms with van der Waals surface area (Å²) in [6.07, 6.45) is 3.75. The van der Waals surface area contributed by atoms with Crippen LogP contribution in [0.3, 0.4) is 0 Å². The minimum Gasteiger partial charge on any atom is -0.309 e. The molecule has 11 aromatic rings. The van der Waals surface area contributed by atoms with Gasteiger partial charge in [-0.3, -0.25) is 4.98 Å². The van der Waals surface area contributed by atoms with Crippen molar-refractivity contribution in [3.8, 4) is 62.7 Å². The number of aromatic nitrogens is 6. The molecule has 0 aliphatic carbocycles. The molecular formula is C52H33N7. The van der Waals surface area contributed by atoms with E-state index in [1.807, 2.05) is 85.2 Å². The average molecular weight is 756 g/mol. The molecule has 0 fully saturated rings. The molecule has 7 nitrogen and oxygen atoms in total. The van der Waals surface area contributed by atoms with Crippen LogP contribution in [0.15, 0.2) is 182 Å². The van der Waals surface area contributed by atoms with Crippen LogP contribution in [0.5, 0.6) is 0 Å². The molecule has 11 rings (SSSR count). The highest BCUT2D eigenvalue weighted by Crippen LogP contribution is 2.44. The molecule has 0 N–H and O–H groups in total. The highest BCUT2D eigenvalue weighted by Gasteiger charge is 2.26. The molecule has 0 bridgehead atoms. The first-order valence-corrected chi connectivity index (χ1v) is 19.5. The van der Waals surface area contributed by atoms with Gasteiger partial charge >= 0.3 is 0 Å². The van der Waals surface area contributed by atoms with Gasteiger partial charge in [-0.1, -0.05) is 127 Å². The normalized spacial score (nSPS) is 11.5. The molecule has 0 unspecified atom stereocenters. The summed E-state index contributed by atoms with van der Waals surface area (Å²) in [6, 6.07) is 60.5. The molecule has 7 aromatic carbocycles. The van der Waals surface area contributed by atoms with Crippen molar-refractivity contribution in [1.82, 2.24) is 29.1 Å². The van der Waals surface area contributed by atoms with Crippen LogP contribution in [-0.4, -0.2) is 29.1 Å². The Balaban J connectivity index is 1.31. The van der Waals surface area contributed by atoms with Crippen molar-refractivity contribution < 1.29 is 0 Å². The van der Waals surface area contributed by atoms with Crippen LogP contribution in [0.4, 0.5) is 0 Å². The number of benzene rings is 7. The maximum atomic E-state index is 10.8. The highest BCUT2D eigenvalue weighted by molar-refractivity contribution is 6.12. The molecule has 0 aliphatic rings. The number of aryl methyl sites for hydroxylation is 1. The molecule has 0 saturated heterocycles. The van der Waals surface area contributed by atoms with Gasteiger partial charge in [0, 0.05) is 61.8 Å². The van der Waals surface area contributed by atoms with E-state index < -0.39 is 0 Å². The average Bonchev–Trinajstić information content (AvgIpc) is 3.81. The van der Waals surface area contributed by atoms with E-state index in [0.717, 1.165) is 77.2 Å². The van der Waals surface area contributed by atoms with Crippen molar-refractivity contribution in [3.63, 3.8) is 0 Å². The molecule has 0 saturated carbocycles. The second-order valence-electron chi connectivity index (χ2n) is 14.7. The predicted octanol–water partition coefficient (Wildman–Crippen LogP) is 12.3. The van der Waals surface area contributed by atoms with Crippen LogP contribution < -0.4 is 0 Å².